The lowest BCUT2D eigenvalue weighted by molar-refractivity contribution is -0.209. The van der Waals surface area contributed by atoms with Gasteiger partial charge in [0, 0.05) is 75.3 Å². The highest BCUT2D eigenvalue weighted by atomic mass is 16.5. The van der Waals surface area contributed by atoms with Gasteiger partial charge >= 0.3 is 11.9 Å². The van der Waals surface area contributed by atoms with Gasteiger partial charge in [0.05, 0.1) is 51.3 Å². The number of hydrogen-bond acceptors (Lipinski definition) is 17. The van der Waals surface area contributed by atoms with Crippen molar-refractivity contribution in [1.29, 1.82) is 0 Å². The quantitative estimate of drug-likeness (QED) is 0.0205. The number of ketones is 4. The second-order valence-electron chi connectivity index (χ2n) is 24.8. The monoisotopic (exact) mass is 1210 g/mol. The number of Topliss-reactive ketones (excluding diaryl/α,β-unsaturated/α-hetero) is 4. The molecule has 0 saturated heterocycles. The SMILES string of the molecule is CCC(=O)COCCOCCNC(=O)CCC(=O)CO[C@H]1CC[C@@]2(C)[C@@H](C1)C[C@@H](O)[C@H]1C3CC[C@H]([C@H](C)CCC(=O)O)[C@@]3(C)[C@@H](O)C[C@@H]12.CCCOCCOCC(=O)N[C@@H](CCC(=O)CCCCCC(CC(=O)c1ccc(N)cc1)C(N)=O)C(=O)O. The number of nitrogens with one attached hydrogen (secondary N) is 2. The van der Waals surface area contributed by atoms with Gasteiger partial charge < -0.3 is 66.2 Å². The minimum atomic E-state index is -1.22. The van der Waals surface area contributed by atoms with Gasteiger partial charge in [0.1, 0.15) is 31.6 Å². The standard InChI is InChI=1S/C37H61NO10.C27H41N3O8/c1-5-25(39)21-47-17-16-46-15-14-38-33(43)10-7-26(40)22-48-27-12-13-36(3)24(18-27)19-31(41)35-29-9-8-28(23(2)6-11-34(44)45)37(29,4)32(42)20-30(35)36;1-2-14-37-15-16-38-18-25(33)30-23(27(35)36)13-12-22(31)7-5-3-4-6-20(26(29)34)17-24(32)19-8-10-21(28)11-9-19/h23-24,27-32,35,41-42H,5-22H2,1-4H3,(H,38,43)(H,44,45);8-11,20,23H,2-7,12-18,28H2,1H3,(H2,29,34)(H,30,33)(H,35,36)/t23-,24+,27+,28-,29?,30+,31-,32+,35+,36+,37-;20?,23-/m10/s1. The summed E-state index contributed by atoms with van der Waals surface area (Å²) in [6.45, 7) is 12.7. The van der Waals surface area contributed by atoms with Crippen LogP contribution in [0.4, 0.5) is 5.69 Å². The molecular weight excluding hydrogens is 1110 g/mol. The molecule has 0 radical (unpaired) electrons. The van der Waals surface area contributed by atoms with Crippen LogP contribution in [0.5, 0.6) is 0 Å². The van der Waals surface area contributed by atoms with Crippen molar-refractivity contribution in [2.45, 2.75) is 194 Å². The molecule has 4 saturated carbocycles. The molecule has 22 heteroatoms. The van der Waals surface area contributed by atoms with Crippen molar-refractivity contribution in [3.63, 3.8) is 0 Å². The number of unbranched alkanes of at least 4 members (excludes halogenated alkanes) is 2. The van der Waals surface area contributed by atoms with Gasteiger partial charge in [0.15, 0.2) is 17.3 Å². The Morgan fingerprint density at radius 2 is 1.37 bits per heavy atom. The molecule has 13 atom stereocenters. The maximum Gasteiger partial charge on any atom is 0.326 e. The second-order valence-corrected chi connectivity index (χ2v) is 24.8. The lowest BCUT2D eigenvalue weighted by Crippen LogP contribution is -2.62. The summed E-state index contributed by atoms with van der Waals surface area (Å²) in [5.74, 6) is -3.03. The van der Waals surface area contributed by atoms with Crippen molar-refractivity contribution in [3.05, 3.63) is 29.8 Å². The van der Waals surface area contributed by atoms with Crippen LogP contribution in [-0.4, -0.2) is 164 Å². The number of anilines is 1. The first-order valence-corrected chi connectivity index (χ1v) is 31.5. The van der Waals surface area contributed by atoms with Crippen molar-refractivity contribution in [2.24, 2.45) is 58.0 Å². The largest absolute Gasteiger partial charge is 0.481 e. The number of carbonyl (C=O) groups excluding carboxylic acids is 7. The first-order chi connectivity index (χ1) is 40.9. The molecular formula is C64H102N4O18. The summed E-state index contributed by atoms with van der Waals surface area (Å²) in [6.07, 6.45) is 9.63. The van der Waals surface area contributed by atoms with Crippen molar-refractivity contribution < 1.29 is 87.3 Å². The van der Waals surface area contributed by atoms with E-state index in [1.165, 1.54) is 0 Å². The highest BCUT2D eigenvalue weighted by Crippen LogP contribution is 2.68. The Kier molecular flexibility index (Phi) is 32.0. The summed E-state index contributed by atoms with van der Waals surface area (Å²) in [6, 6.07) is 5.29. The summed E-state index contributed by atoms with van der Waals surface area (Å²) >= 11 is 0. The first-order valence-electron chi connectivity index (χ1n) is 31.5. The Morgan fingerprint density at radius 1 is 0.686 bits per heavy atom. The molecule has 486 valence electrons. The molecule has 0 heterocycles. The van der Waals surface area contributed by atoms with E-state index in [1.54, 1.807) is 31.2 Å². The van der Waals surface area contributed by atoms with Gasteiger partial charge in [-0.05, 0) is 148 Å². The Balaban J connectivity index is 0.000000380. The summed E-state index contributed by atoms with van der Waals surface area (Å²) < 4.78 is 27.1. The lowest BCUT2D eigenvalue weighted by atomic mass is 9.43. The van der Waals surface area contributed by atoms with E-state index >= 15 is 0 Å². The third kappa shape index (κ3) is 23.4. The Labute approximate surface area is 508 Å². The van der Waals surface area contributed by atoms with Gasteiger partial charge in [-0.1, -0.05) is 47.5 Å². The van der Waals surface area contributed by atoms with Crippen LogP contribution in [0.3, 0.4) is 0 Å². The van der Waals surface area contributed by atoms with Crippen LogP contribution in [0, 0.1) is 52.3 Å². The Bertz CT molecular complexity index is 2340. The van der Waals surface area contributed by atoms with Crippen LogP contribution in [0.2, 0.25) is 0 Å². The summed E-state index contributed by atoms with van der Waals surface area (Å²) in [4.78, 5) is 107. The minimum absolute atomic E-state index is 0.0121. The van der Waals surface area contributed by atoms with Crippen molar-refractivity contribution >= 4 is 58.5 Å². The van der Waals surface area contributed by atoms with Crippen LogP contribution in [0.1, 0.15) is 180 Å². The molecule has 5 rings (SSSR count). The smallest absolute Gasteiger partial charge is 0.326 e. The molecule has 0 spiro atoms. The molecule has 4 fully saturated rings. The van der Waals surface area contributed by atoms with Gasteiger partial charge in [0.2, 0.25) is 17.7 Å². The number of carboxylic acids is 2. The lowest BCUT2D eigenvalue weighted by Gasteiger charge is -2.63. The maximum atomic E-state index is 12.6. The molecule has 4 aliphatic carbocycles. The van der Waals surface area contributed by atoms with Gasteiger partial charge in [-0.2, -0.15) is 0 Å². The van der Waals surface area contributed by atoms with E-state index in [1.807, 2.05) is 6.92 Å². The predicted octanol–water partition coefficient (Wildman–Crippen LogP) is 6.21. The number of amides is 3. The zero-order valence-corrected chi connectivity index (χ0v) is 51.7. The molecule has 1 aromatic rings. The maximum absolute atomic E-state index is 12.6. The average molecular weight is 1220 g/mol. The number of aliphatic carboxylic acids is 2. The molecule has 86 heavy (non-hydrogen) atoms. The van der Waals surface area contributed by atoms with Gasteiger partial charge in [-0.25, -0.2) is 4.79 Å². The fourth-order valence-corrected chi connectivity index (χ4v) is 13.9. The fourth-order valence-electron chi connectivity index (χ4n) is 13.9. The zero-order valence-electron chi connectivity index (χ0n) is 51.7. The molecule has 22 nitrogen and oxygen atoms in total. The number of hydrogen-bond donors (Lipinski definition) is 8. The van der Waals surface area contributed by atoms with Crippen LogP contribution in [0.15, 0.2) is 24.3 Å². The number of carboxylic acid groups (broad SMARTS) is 2. The van der Waals surface area contributed by atoms with E-state index < -0.39 is 47.9 Å². The average Bonchev–Trinajstić information content (AvgIpc) is 1.32. The predicted molar refractivity (Wildman–Crippen MR) is 319 cm³/mol. The highest BCUT2D eigenvalue weighted by molar-refractivity contribution is 5.98. The molecule has 2 unspecified atom stereocenters. The van der Waals surface area contributed by atoms with E-state index in [2.05, 4.69) is 31.4 Å². The fraction of sp³-hybridized carbons (Fsp3) is 0.766. The normalized spacial score (nSPS) is 25.8. The second kappa shape index (κ2) is 37.6. The first kappa shape index (κ1) is 73.2. The van der Waals surface area contributed by atoms with E-state index in [0.717, 1.165) is 38.5 Å². The molecule has 3 amide bonds. The number of aliphatic hydroxyl groups is 2. The van der Waals surface area contributed by atoms with Crippen molar-refractivity contribution in [2.75, 3.05) is 71.7 Å². The topological polar surface area (TPSA) is 357 Å². The summed E-state index contributed by atoms with van der Waals surface area (Å²) in [5, 5.41) is 47.1. The number of rotatable bonds is 41. The Morgan fingerprint density at radius 3 is 2.03 bits per heavy atom. The molecule has 0 aliphatic heterocycles. The number of carbonyl (C=O) groups is 9. The molecule has 0 aromatic heterocycles. The van der Waals surface area contributed by atoms with Crippen LogP contribution >= 0.6 is 0 Å². The van der Waals surface area contributed by atoms with Gasteiger partial charge in [0.25, 0.3) is 0 Å². The number of nitrogen functional groups attached to an aromatic ring is 1. The third-order valence-electron chi connectivity index (χ3n) is 18.9. The highest BCUT2D eigenvalue weighted by Gasteiger charge is 2.66. The molecule has 10 N–H and O–H groups in total. The molecule has 4 aliphatic rings. The van der Waals surface area contributed by atoms with Crippen LogP contribution in [-0.2, 0) is 62.0 Å². The minimum Gasteiger partial charge on any atom is -0.481 e. The van der Waals surface area contributed by atoms with Crippen molar-refractivity contribution in [3.8, 4) is 0 Å². The van der Waals surface area contributed by atoms with Gasteiger partial charge in [-0.3, -0.25) is 38.4 Å². The van der Waals surface area contributed by atoms with Gasteiger partial charge in [-0.15, -0.1) is 0 Å². The van der Waals surface area contributed by atoms with Crippen molar-refractivity contribution in [1.82, 2.24) is 10.6 Å². The summed E-state index contributed by atoms with van der Waals surface area (Å²) in [7, 11) is 0. The number of benzene rings is 1. The Hall–Kier alpha value is -5.23. The van der Waals surface area contributed by atoms with Crippen LogP contribution < -0.4 is 22.1 Å². The number of fused-ring (bicyclic) bond motifs is 5. The molecule has 1 aromatic carbocycles. The van der Waals surface area contributed by atoms with Crippen LogP contribution in [0.25, 0.3) is 0 Å². The summed E-state index contributed by atoms with van der Waals surface area (Å²) in [5.41, 5.74) is 11.8. The third-order valence-corrected chi connectivity index (χ3v) is 18.9. The number of nitrogens with two attached hydrogens (primary N) is 2. The number of primary amides is 1. The zero-order chi connectivity index (χ0) is 63.4. The van der Waals surface area contributed by atoms with E-state index in [4.69, 9.17) is 35.2 Å². The van der Waals surface area contributed by atoms with E-state index in [9.17, 15) is 63.6 Å². The van der Waals surface area contributed by atoms with E-state index in [0.29, 0.717) is 102 Å². The number of ether oxygens (including phenoxy) is 5. The molecule has 0 bridgehead atoms. The number of aliphatic hydroxyl groups excluding tert-OH is 2. The van der Waals surface area contributed by atoms with E-state index in [-0.39, 0.29) is 153 Å².